The van der Waals surface area contributed by atoms with Gasteiger partial charge in [0, 0.05) is 36.9 Å². The van der Waals surface area contributed by atoms with Gasteiger partial charge in [-0.2, -0.15) is 5.10 Å². The Morgan fingerprint density at radius 1 is 0.968 bits per heavy atom. The number of rotatable bonds is 8. The SMILES string of the molecule is O=C(NCc1ccc(Cn2cccn2)cc1)c1ccccc1SCC(=O)N1CCCC1. The molecule has 2 heterocycles. The van der Waals surface area contributed by atoms with Gasteiger partial charge in [0.05, 0.1) is 17.9 Å². The summed E-state index contributed by atoms with van der Waals surface area (Å²) >= 11 is 1.44. The Labute approximate surface area is 186 Å². The number of carbonyl (C=O) groups is 2. The lowest BCUT2D eigenvalue weighted by molar-refractivity contribution is -0.127. The normalized spacial score (nSPS) is 13.4. The fourth-order valence-corrected chi connectivity index (χ4v) is 4.55. The zero-order valence-corrected chi connectivity index (χ0v) is 18.2. The number of nitrogens with zero attached hydrogens (tertiary/aromatic N) is 3. The Morgan fingerprint density at radius 3 is 2.45 bits per heavy atom. The molecule has 1 N–H and O–H groups in total. The highest BCUT2D eigenvalue weighted by atomic mass is 32.2. The van der Waals surface area contributed by atoms with Crippen molar-refractivity contribution >= 4 is 23.6 Å². The van der Waals surface area contributed by atoms with E-state index >= 15 is 0 Å². The van der Waals surface area contributed by atoms with Crippen LogP contribution in [0.25, 0.3) is 0 Å². The highest BCUT2D eigenvalue weighted by Crippen LogP contribution is 2.24. The van der Waals surface area contributed by atoms with Gasteiger partial charge in [0.1, 0.15) is 0 Å². The zero-order chi connectivity index (χ0) is 21.5. The zero-order valence-electron chi connectivity index (χ0n) is 17.4. The number of thioether (sulfide) groups is 1. The number of carbonyl (C=O) groups excluding carboxylic acids is 2. The summed E-state index contributed by atoms with van der Waals surface area (Å²) in [5.74, 6) is 0.382. The number of likely N-dealkylation sites (tertiary alicyclic amines) is 1. The maximum absolute atomic E-state index is 12.8. The molecule has 160 valence electrons. The molecule has 2 aromatic carbocycles. The van der Waals surface area contributed by atoms with Crippen LogP contribution in [0, 0.1) is 0 Å². The van der Waals surface area contributed by atoms with E-state index in [-0.39, 0.29) is 11.8 Å². The third-order valence-corrected chi connectivity index (χ3v) is 6.38. The van der Waals surface area contributed by atoms with Crippen LogP contribution in [0.15, 0.2) is 71.9 Å². The summed E-state index contributed by atoms with van der Waals surface area (Å²) < 4.78 is 1.87. The van der Waals surface area contributed by atoms with Crippen LogP contribution in [0.2, 0.25) is 0 Å². The largest absolute Gasteiger partial charge is 0.348 e. The van der Waals surface area contributed by atoms with E-state index in [0.717, 1.165) is 48.5 Å². The molecule has 31 heavy (non-hydrogen) atoms. The number of hydrogen-bond acceptors (Lipinski definition) is 4. The summed E-state index contributed by atoms with van der Waals surface area (Å²) in [5, 5.41) is 7.22. The predicted octanol–water partition coefficient (Wildman–Crippen LogP) is 3.58. The molecule has 1 aromatic heterocycles. The van der Waals surface area contributed by atoms with E-state index < -0.39 is 0 Å². The van der Waals surface area contributed by atoms with Crippen molar-refractivity contribution in [2.75, 3.05) is 18.8 Å². The minimum absolute atomic E-state index is 0.127. The second kappa shape index (κ2) is 10.3. The summed E-state index contributed by atoms with van der Waals surface area (Å²) in [7, 11) is 0. The Hall–Kier alpha value is -3.06. The van der Waals surface area contributed by atoms with Crippen molar-refractivity contribution in [2.24, 2.45) is 0 Å². The molecule has 1 saturated heterocycles. The van der Waals surface area contributed by atoms with E-state index in [2.05, 4.69) is 22.5 Å². The monoisotopic (exact) mass is 434 g/mol. The van der Waals surface area contributed by atoms with Gasteiger partial charge in [-0.3, -0.25) is 14.3 Å². The van der Waals surface area contributed by atoms with E-state index in [0.29, 0.717) is 17.9 Å². The van der Waals surface area contributed by atoms with Gasteiger partial charge < -0.3 is 10.2 Å². The smallest absolute Gasteiger partial charge is 0.252 e. The third-order valence-electron chi connectivity index (χ3n) is 5.32. The number of aromatic nitrogens is 2. The number of amides is 2. The molecule has 4 rings (SSSR count). The maximum atomic E-state index is 12.8. The molecule has 1 aliphatic rings. The van der Waals surface area contributed by atoms with Gasteiger partial charge in [-0.1, -0.05) is 36.4 Å². The van der Waals surface area contributed by atoms with Gasteiger partial charge in [-0.05, 0) is 42.2 Å². The summed E-state index contributed by atoms with van der Waals surface area (Å²) in [4.78, 5) is 27.9. The van der Waals surface area contributed by atoms with E-state index in [1.54, 1.807) is 6.20 Å². The average Bonchev–Trinajstić information content (AvgIpc) is 3.51. The van der Waals surface area contributed by atoms with Gasteiger partial charge in [0.2, 0.25) is 5.91 Å². The molecular formula is C24H26N4O2S. The van der Waals surface area contributed by atoms with E-state index in [4.69, 9.17) is 0 Å². The summed E-state index contributed by atoms with van der Waals surface area (Å²) in [6.07, 6.45) is 5.86. The van der Waals surface area contributed by atoms with Crippen molar-refractivity contribution in [3.63, 3.8) is 0 Å². The van der Waals surface area contributed by atoms with E-state index in [1.165, 1.54) is 11.8 Å². The molecule has 7 heteroatoms. The van der Waals surface area contributed by atoms with Gasteiger partial charge >= 0.3 is 0 Å². The third kappa shape index (κ3) is 5.76. The van der Waals surface area contributed by atoms with Gasteiger partial charge in [-0.15, -0.1) is 11.8 Å². The minimum Gasteiger partial charge on any atom is -0.348 e. The highest BCUT2D eigenvalue weighted by Gasteiger charge is 2.19. The lowest BCUT2D eigenvalue weighted by Crippen LogP contribution is -2.29. The molecule has 1 aliphatic heterocycles. The van der Waals surface area contributed by atoms with Crippen molar-refractivity contribution in [2.45, 2.75) is 30.8 Å². The lowest BCUT2D eigenvalue weighted by Gasteiger charge is -2.15. The van der Waals surface area contributed by atoms with Crippen LogP contribution >= 0.6 is 11.8 Å². The van der Waals surface area contributed by atoms with Crippen molar-refractivity contribution in [3.8, 4) is 0 Å². The fraction of sp³-hybridized carbons (Fsp3) is 0.292. The van der Waals surface area contributed by atoms with Gasteiger partial charge in [0.25, 0.3) is 5.91 Å². The molecule has 0 saturated carbocycles. The van der Waals surface area contributed by atoms with Crippen LogP contribution in [0.1, 0.15) is 34.3 Å². The standard InChI is InChI=1S/C24H26N4O2S/c29-23(27-13-3-4-14-27)18-31-22-7-2-1-6-21(22)24(30)25-16-19-8-10-20(11-9-19)17-28-15-5-12-26-28/h1-2,5-12,15H,3-4,13-14,16-18H2,(H,25,30). The second-order valence-corrected chi connectivity index (χ2v) is 8.59. The van der Waals surface area contributed by atoms with Crippen LogP contribution in [-0.2, 0) is 17.9 Å². The molecule has 0 radical (unpaired) electrons. The first-order valence-corrected chi connectivity index (χ1v) is 11.5. The van der Waals surface area contributed by atoms with Crippen LogP contribution in [0.5, 0.6) is 0 Å². The Bertz CT molecular complexity index is 1010. The first-order chi connectivity index (χ1) is 15.2. The molecule has 0 unspecified atom stereocenters. The maximum Gasteiger partial charge on any atom is 0.252 e. The molecule has 0 aliphatic carbocycles. The summed E-state index contributed by atoms with van der Waals surface area (Å²) in [6, 6.07) is 17.5. The summed E-state index contributed by atoms with van der Waals surface area (Å²) in [5.41, 5.74) is 2.80. The van der Waals surface area contributed by atoms with Gasteiger partial charge in [0.15, 0.2) is 0 Å². The quantitative estimate of drug-likeness (QED) is 0.551. The van der Waals surface area contributed by atoms with Crippen LogP contribution in [-0.4, -0.2) is 45.3 Å². The minimum atomic E-state index is -0.127. The molecule has 1 fully saturated rings. The summed E-state index contributed by atoms with van der Waals surface area (Å²) in [6.45, 7) is 2.87. The molecule has 0 spiro atoms. The van der Waals surface area contributed by atoms with Crippen LogP contribution in [0.4, 0.5) is 0 Å². The molecule has 3 aromatic rings. The lowest BCUT2D eigenvalue weighted by atomic mass is 10.1. The fourth-order valence-electron chi connectivity index (χ4n) is 3.60. The van der Waals surface area contributed by atoms with Crippen molar-refractivity contribution in [3.05, 3.63) is 83.7 Å². The van der Waals surface area contributed by atoms with Gasteiger partial charge in [-0.25, -0.2) is 0 Å². The highest BCUT2D eigenvalue weighted by molar-refractivity contribution is 8.00. The van der Waals surface area contributed by atoms with Crippen LogP contribution in [0.3, 0.4) is 0 Å². The number of nitrogens with one attached hydrogen (secondary N) is 1. The molecule has 6 nitrogen and oxygen atoms in total. The Balaban J connectivity index is 1.31. The number of benzene rings is 2. The predicted molar refractivity (Wildman–Crippen MR) is 122 cm³/mol. The van der Waals surface area contributed by atoms with Crippen molar-refractivity contribution in [1.82, 2.24) is 20.0 Å². The molecule has 0 atom stereocenters. The van der Waals surface area contributed by atoms with Crippen molar-refractivity contribution < 1.29 is 9.59 Å². The molecule has 0 bridgehead atoms. The second-order valence-electron chi connectivity index (χ2n) is 7.58. The van der Waals surface area contributed by atoms with E-state index in [1.807, 2.05) is 58.2 Å². The van der Waals surface area contributed by atoms with Crippen LogP contribution < -0.4 is 5.32 Å². The Kier molecular flexibility index (Phi) is 7.04. The van der Waals surface area contributed by atoms with Crippen molar-refractivity contribution in [1.29, 1.82) is 0 Å². The first kappa shape index (κ1) is 21.2. The molecular weight excluding hydrogens is 408 g/mol. The number of hydrogen-bond donors (Lipinski definition) is 1. The topological polar surface area (TPSA) is 67.2 Å². The molecule has 2 amide bonds. The average molecular weight is 435 g/mol. The van der Waals surface area contributed by atoms with E-state index in [9.17, 15) is 9.59 Å². The first-order valence-electron chi connectivity index (χ1n) is 10.5. The Morgan fingerprint density at radius 2 is 1.71 bits per heavy atom.